The Hall–Kier alpha value is -2.61. The van der Waals surface area contributed by atoms with E-state index in [1.807, 2.05) is 6.07 Å². The number of hydrogen-bond acceptors (Lipinski definition) is 4. The largest absolute Gasteiger partial charge is 0.478 e. The summed E-state index contributed by atoms with van der Waals surface area (Å²) in [6.45, 7) is 0.400. The summed E-state index contributed by atoms with van der Waals surface area (Å²) >= 11 is 5.74. The van der Waals surface area contributed by atoms with Crippen molar-refractivity contribution in [3.8, 4) is 6.07 Å². The summed E-state index contributed by atoms with van der Waals surface area (Å²) in [4.78, 5) is 20.0. The molecule has 0 amide bonds. The predicted molar refractivity (Wildman–Crippen MR) is 75.8 cm³/mol. The molecule has 3 N–H and O–H groups in total. The number of anilines is 1. The first-order valence-corrected chi connectivity index (χ1v) is 6.54. The van der Waals surface area contributed by atoms with Gasteiger partial charge in [-0.3, -0.25) is 0 Å². The van der Waals surface area contributed by atoms with E-state index >= 15 is 0 Å². The lowest BCUT2D eigenvalue weighted by Gasteiger charge is -2.13. The molecule has 25 heavy (non-hydrogen) atoms. The van der Waals surface area contributed by atoms with Crippen molar-refractivity contribution in [1.29, 1.82) is 5.26 Å². The summed E-state index contributed by atoms with van der Waals surface area (Å²) in [7, 11) is 0. The summed E-state index contributed by atoms with van der Waals surface area (Å²) in [5, 5.41) is 27.8. The molecule has 0 aliphatic heterocycles. The van der Waals surface area contributed by atoms with Gasteiger partial charge in [0.25, 0.3) is 0 Å². The SMILES string of the molecule is N#CCCNc1cc(Cl)ccc1C(=O)O.O=C(O)C(F)(F)C(F)(F)F. The van der Waals surface area contributed by atoms with Gasteiger partial charge < -0.3 is 15.5 Å². The molecule has 0 heterocycles. The number of hydrogen-bond donors (Lipinski definition) is 3. The number of benzene rings is 1. The molecule has 1 aromatic carbocycles. The lowest BCUT2D eigenvalue weighted by atomic mass is 10.2. The number of nitriles is 1. The van der Waals surface area contributed by atoms with Crippen molar-refractivity contribution in [2.45, 2.75) is 18.5 Å². The monoisotopic (exact) mass is 388 g/mol. The number of aliphatic carboxylic acids is 1. The average Bonchev–Trinajstić information content (AvgIpc) is 2.46. The molecule has 0 spiro atoms. The second-order valence-corrected chi connectivity index (χ2v) is 4.64. The van der Waals surface area contributed by atoms with Crippen molar-refractivity contribution in [1.82, 2.24) is 0 Å². The van der Waals surface area contributed by atoms with Crippen LogP contribution < -0.4 is 5.32 Å². The number of nitrogens with one attached hydrogen (secondary N) is 1. The highest BCUT2D eigenvalue weighted by Gasteiger charge is 2.64. The fraction of sp³-hybridized carbons (Fsp3) is 0.308. The summed E-state index contributed by atoms with van der Waals surface area (Å²) in [6.07, 6.45) is -5.70. The smallest absolute Gasteiger partial charge is 0.465 e. The van der Waals surface area contributed by atoms with Gasteiger partial charge in [0.15, 0.2) is 0 Å². The van der Waals surface area contributed by atoms with Gasteiger partial charge in [-0.1, -0.05) is 11.6 Å². The van der Waals surface area contributed by atoms with Crippen LogP contribution >= 0.6 is 11.6 Å². The van der Waals surface area contributed by atoms with Gasteiger partial charge in [-0.25, -0.2) is 9.59 Å². The molecule has 0 fully saturated rings. The highest BCUT2D eigenvalue weighted by Crippen LogP contribution is 2.35. The Balaban J connectivity index is 0.000000504. The maximum absolute atomic E-state index is 11.3. The van der Waals surface area contributed by atoms with Gasteiger partial charge in [0, 0.05) is 11.6 Å². The number of rotatable bonds is 5. The standard InChI is InChI=1S/C10H9ClN2O2.C3HF5O2/c11-7-2-3-8(10(14)15)9(6-7)13-5-1-4-12;4-2(5,1(9)10)3(6,7)8/h2-3,6,13H,1,5H2,(H,14,15);(H,9,10). The fourth-order valence-corrected chi connectivity index (χ4v) is 1.40. The maximum Gasteiger partial charge on any atom is 0.465 e. The zero-order chi connectivity index (χ0) is 19.8. The van der Waals surface area contributed by atoms with Gasteiger partial charge in [-0.2, -0.15) is 27.2 Å². The van der Waals surface area contributed by atoms with Crippen LogP contribution in [0.4, 0.5) is 27.6 Å². The summed E-state index contributed by atoms with van der Waals surface area (Å²) < 4.78 is 55.5. The van der Waals surface area contributed by atoms with Crippen molar-refractivity contribution in [3.05, 3.63) is 28.8 Å². The summed E-state index contributed by atoms with van der Waals surface area (Å²) in [5.41, 5.74) is 0.586. The van der Waals surface area contributed by atoms with Crippen LogP contribution in [0.15, 0.2) is 18.2 Å². The molecule has 0 unspecified atom stereocenters. The molecule has 0 aliphatic rings. The Morgan fingerprint density at radius 1 is 1.20 bits per heavy atom. The number of carbonyl (C=O) groups is 2. The molecule has 0 saturated heterocycles. The van der Waals surface area contributed by atoms with Gasteiger partial charge in [0.2, 0.25) is 0 Å². The molecule has 0 saturated carbocycles. The van der Waals surface area contributed by atoms with Crippen molar-refractivity contribution < 1.29 is 41.8 Å². The first-order chi connectivity index (χ1) is 11.3. The number of aromatic carboxylic acids is 1. The first-order valence-electron chi connectivity index (χ1n) is 6.16. The highest BCUT2D eigenvalue weighted by molar-refractivity contribution is 6.31. The number of carboxylic acid groups (broad SMARTS) is 2. The van der Waals surface area contributed by atoms with Crippen molar-refractivity contribution >= 4 is 29.2 Å². The van der Waals surface area contributed by atoms with E-state index in [0.29, 0.717) is 23.7 Å². The summed E-state index contributed by atoms with van der Waals surface area (Å²) in [5.74, 6) is -9.86. The Morgan fingerprint density at radius 2 is 1.76 bits per heavy atom. The molecule has 1 aromatic rings. The Bertz CT molecular complexity index is 673. The van der Waals surface area contributed by atoms with Crippen molar-refractivity contribution in [3.63, 3.8) is 0 Å². The molecule has 12 heteroatoms. The third-order valence-corrected chi connectivity index (χ3v) is 2.62. The zero-order valence-corrected chi connectivity index (χ0v) is 12.8. The minimum Gasteiger partial charge on any atom is -0.478 e. The number of carboxylic acids is 2. The van der Waals surface area contributed by atoms with Crippen LogP contribution in [0.25, 0.3) is 0 Å². The van der Waals surface area contributed by atoms with E-state index in [1.54, 1.807) is 0 Å². The van der Waals surface area contributed by atoms with E-state index in [9.17, 15) is 31.5 Å². The van der Waals surface area contributed by atoms with Crippen LogP contribution in [0.5, 0.6) is 0 Å². The van der Waals surface area contributed by atoms with E-state index in [1.165, 1.54) is 18.2 Å². The molecule has 0 aromatic heterocycles. The minimum absolute atomic E-state index is 0.150. The number of halogens is 6. The fourth-order valence-electron chi connectivity index (χ4n) is 1.22. The number of nitrogens with zero attached hydrogens (tertiary/aromatic N) is 1. The van der Waals surface area contributed by atoms with Gasteiger partial charge >= 0.3 is 24.0 Å². The Labute approximate surface area is 142 Å². The third-order valence-electron chi connectivity index (χ3n) is 2.39. The van der Waals surface area contributed by atoms with Gasteiger partial charge in [0.1, 0.15) is 0 Å². The molecule has 0 aliphatic carbocycles. The highest BCUT2D eigenvalue weighted by atomic mass is 35.5. The minimum atomic E-state index is -6.02. The average molecular weight is 389 g/mol. The van der Waals surface area contributed by atoms with Crippen LogP contribution in [-0.4, -0.2) is 40.8 Å². The van der Waals surface area contributed by atoms with Crippen molar-refractivity contribution in [2.24, 2.45) is 0 Å². The lowest BCUT2D eigenvalue weighted by Crippen LogP contribution is -2.43. The predicted octanol–water partition coefficient (Wildman–Crippen LogP) is 3.63. The molecule has 1 rings (SSSR count). The second-order valence-electron chi connectivity index (χ2n) is 4.21. The van der Waals surface area contributed by atoms with Crippen LogP contribution in [0.1, 0.15) is 16.8 Å². The van der Waals surface area contributed by atoms with E-state index < -0.39 is 24.0 Å². The van der Waals surface area contributed by atoms with Crippen LogP contribution in [-0.2, 0) is 4.79 Å². The molecule has 6 nitrogen and oxygen atoms in total. The molecule has 138 valence electrons. The molecule has 0 radical (unpaired) electrons. The normalized spacial score (nSPS) is 10.9. The van der Waals surface area contributed by atoms with E-state index in [0.717, 1.165) is 0 Å². The van der Waals surface area contributed by atoms with Gasteiger partial charge in [-0.15, -0.1) is 0 Å². The molecule has 0 atom stereocenters. The van der Waals surface area contributed by atoms with Crippen LogP contribution in [0.3, 0.4) is 0 Å². The van der Waals surface area contributed by atoms with Crippen LogP contribution in [0.2, 0.25) is 5.02 Å². The Kier molecular flexibility index (Phi) is 8.08. The van der Waals surface area contributed by atoms with Gasteiger partial charge in [0.05, 0.1) is 23.7 Å². The van der Waals surface area contributed by atoms with E-state index in [2.05, 4.69) is 5.32 Å². The second kappa shape index (κ2) is 9.03. The zero-order valence-electron chi connectivity index (χ0n) is 12.1. The summed E-state index contributed by atoms with van der Waals surface area (Å²) in [6, 6.07) is 6.43. The third kappa shape index (κ3) is 6.80. The number of alkyl halides is 5. The van der Waals surface area contributed by atoms with Crippen LogP contribution in [0, 0.1) is 11.3 Å². The van der Waals surface area contributed by atoms with Crippen molar-refractivity contribution in [2.75, 3.05) is 11.9 Å². The topological polar surface area (TPSA) is 110 Å². The first kappa shape index (κ1) is 22.4. The quantitative estimate of drug-likeness (QED) is 0.524. The Morgan fingerprint density at radius 3 is 2.12 bits per heavy atom. The molecular formula is C13H10ClF5N2O4. The molecule has 0 bridgehead atoms. The van der Waals surface area contributed by atoms with E-state index in [4.69, 9.17) is 27.1 Å². The van der Waals surface area contributed by atoms with Gasteiger partial charge in [-0.05, 0) is 18.2 Å². The lowest BCUT2D eigenvalue weighted by molar-refractivity contribution is -0.277. The molecular weight excluding hydrogens is 379 g/mol. The van der Waals surface area contributed by atoms with E-state index in [-0.39, 0.29) is 5.56 Å². The maximum atomic E-state index is 11.3.